The first-order chi connectivity index (χ1) is 6.74. The molecule has 0 aliphatic rings. The second-order valence-corrected chi connectivity index (χ2v) is 6.19. The molecule has 14 heavy (non-hydrogen) atoms. The molecular weight excluding hydrogens is 375 g/mol. The van der Waals surface area contributed by atoms with Gasteiger partial charge in [-0.15, -0.1) is 0 Å². The molecule has 0 saturated carbocycles. The summed E-state index contributed by atoms with van der Waals surface area (Å²) >= 11 is 7.03. The Hall–Kier alpha value is -0.0100. The standard InChI is InChI=1S/C9H6BrIN2S/c10-7-3-1-6(2-4-7)5-8-12-9(11)14-13-8/h1-4H,5H2. The molecule has 0 amide bonds. The zero-order valence-electron chi connectivity index (χ0n) is 7.08. The third kappa shape index (κ3) is 2.74. The van der Waals surface area contributed by atoms with Crippen molar-refractivity contribution in [1.29, 1.82) is 0 Å². The van der Waals surface area contributed by atoms with Crippen LogP contribution in [0.3, 0.4) is 0 Å². The molecule has 0 fully saturated rings. The lowest BCUT2D eigenvalue weighted by Gasteiger charge is -1.96. The average Bonchev–Trinajstić information content (AvgIpc) is 2.56. The molecule has 72 valence electrons. The fourth-order valence-electron chi connectivity index (χ4n) is 1.09. The fraction of sp³-hybridized carbons (Fsp3) is 0.111. The van der Waals surface area contributed by atoms with Gasteiger partial charge in [0.1, 0.15) is 5.82 Å². The van der Waals surface area contributed by atoms with Gasteiger partial charge in [0, 0.05) is 10.9 Å². The summed E-state index contributed by atoms with van der Waals surface area (Å²) in [6, 6.07) is 8.23. The summed E-state index contributed by atoms with van der Waals surface area (Å²) < 4.78 is 6.34. The molecule has 1 heterocycles. The number of hydrogen-bond acceptors (Lipinski definition) is 3. The Bertz CT molecular complexity index is 427. The summed E-state index contributed by atoms with van der Waals surface area (Å²) in [5, 5.41) is 0. The maximum Gasteiger partial charge on any atom is 0.173 e. The molecule has 0 N–H and O–H groups in total. The topological polar surface area (TPSA) is 25.8 Å². The van der Waals surface area contributed by atoms with E-state index in [4.69, 9.17) is 0 Å². The van der Waals surface area contributed by atoms with Crippen LogP contribution >= 0.6 is 50.1 Å². The molecule has 5 heteroatoms. The van der Waals surface area contributed by atoms with E-state index in [1.807, 2.05) is 12.1 Å². The molecule has 0 unspecified atom stereocenters. The van der Waals surface area contributed by atoms with Gasteiger partial charge in [-0.1, -0.05) is 28.1 Å². The molecule has 0 saturated heterocycles. The lowest BCUT2D eigenvalue weighted by Crippen LogP contribution is -1.90. The second kappa shape index (κ2) is 4.67. The average molecular weight is 381 g/mol. The van der Waals surface area contributed by atoms with Crippen molar-refractivity contribution in [2.75, 3.05) is 0 Å². The highest BCUT2D eigenvalue weighted by atomic mass is 127. The molecular formula is C9H6BrIN2S. The minimum Gasteiger partial charge on any atom is -0.213 e. The van der Waals surface area contributed by atoms with Crippen LogP contribution in [0.1, 0.15) is 11.4 Å². The second-order valence-electron chi connectivity index (χ2n) is 2.77. The minimum absolute atomic E-state index is 0.812. The number of hydrogen-bond donors (Lipinski definition) is 0. The molecule has 0 bridgehead atoms. The zero-order chi connectivity index (χ0) is 9.97. The van der Waals surface area contributed by atoms with Crippen molar-refractivity contribution in [2.45, 2.75) is 6.42 Å². The van der Waals surface area contributed by atoms with E-state index >= 15 is 0 Å². The first-order valence-electron chi connectivity index (χ1n) is 3.96. The van der Waals surface area contributed by atoms with E-state index < -0.39 is 0 Å². The molecule has 0 radical (unpaired) electrons. The Labute approximate surface area is 108 Å². The lowest BCUT2D eigenvalue weighted by atomic mass is 10.1. The summed E-state index contributed by atoms with van der Waals surface area (Å²) in [6.07, 6.45) is 0.812. The van der Waals surface area contributed by atoms with E-state index in [0.29, 0.717) is 0 Å². The molecule has 0 aliphatic carbocycles. The van der Waals surface area contributed by atoms with Crippen molar-refractivity contribution in [1.82, 2.24) is 9.36 Å². The maximum atomic E-state index is 4.31. The smallest absolute Gasteiger partial charge is 0.173 e. The number of rotatable bonds is 2. The lowest BCUT2D eigenvalue weighted by molar-refractivity contribution is 1.03. The third-order valence-corrected chi connectivity index (χ3v) is 3.62. The number of aromatic nitrogens is 2. The molecule has 0 atom stereocenters. The van der Waals surface area contributed by atoms with Crippen LogP contribution in [-0.4, -0.2) is 9.36 Å². The van der Waals surface area contributed by atoms with Gasteiger partial charge in [0.15, 0.2) is 3.01 Å². The monoisotopic (exact) mass is 380 g/mol. The van der Waals surface area contributed by atoms with E-state index in [1.54, 1.807) is 0 Å². The molecule has 1 aromatic heterocycles. The van der Waals surface area contributed by atoms with Gasteiger partial charge in [0.25, 0.3) is 0 Å². The van der Waals surface area contributed by atoms with Gasteiger partial charge in [-0.2, -0.15) is 4.37 Å². The molecule has 0 spiro atoms. The van der Waals surface area contributed by atoms with Gasteiger partial charge in [-0.25, -0.2) is 4.98 Å². The maximum absolute atomic E-state index is 4.31. The van der Waals surface area contributed by atoms with E-state index in [2.05, 4.69) is 60.0 Å². The van der Waals surface area contributed by atoms with Gasteiger partial charge in [-0.3, -0.25) is 0 Å². The SMILES string of the molecule is Brc1ccc(Cc2nsc(I)n2)cc1. The summed E-state index contributed by atoms with van der Waals surface area (Å²) in [4.78, 5) is 4.31. The van der Waals surface area contributed by atoms with E-state index in [-0.39, 0.29) is 0 Å². The van der Waals surface area contributed by atoms with Crippen molar-refractivity contribution in [3.05, 3.63) is 43.1 Å². The zero-order valence-corrected chi connectivity index (χ0v) is 11.6. The largest absolute Gasteiger partial charge is 0.213 e. The van der Waals surface area contributed by atoms with E-state index in [9.17, 15) is 0 Å². The minimum atomic E-state index is 0.812. The van der Waals surface area contributed by atoms with Crippen LogP contribution in [0.15, 0.2) is 28.7 Å². The van der Waals surface area contributed by atoms with Crippen molar-refractivity contribution in [3.63, 3.8) is 0 Å². The van der Waals surface area contributed by atoms with Gasteiger partial charge < -0.3 is 0 Å². The van der Waals surface area contributed by atoms with Gasteiger partial charge in [0.05, 0.1) is 0 Å². The van der Waals surface area contributed by atoms with Gasteiger partial charge in [0.2, 0.25) is 0 Å². The van der Waals surface area contributed by atoms with Gasteiger partial charge >= 0.3 is 0 Å². The first kappa shape index (κ1) is 10.5. The number of halogens is 2. The van der Waals surface area contributed by atoms with Gasteiger partial charge in [-0.05, 0) is 51.8 Å². The van der Waals surface area contributed by atoms with E-state index in [1.165, 1.54) is 17.1 Å². The Balaban J connectivity index is 2.15. The van der Waals surface area contributed by atoms with Crippen molar-refractivity contribution in [3.8, 4) is 0 Å². The predicted molar refractivity (Wildman–Crippen MR) is 69.6 cm³/mol. The van der Waals surface area contributed by atoms with Crippen LogP contribution < -0.4 is 0 Å². The predicted octanol–water partition coefficient (Wildman–Crippen LogP) is 3.50. The molecule has 2 aromatic rings. The van der Waals surface area contributed by atoms with Crippen molar-refractivity contribution >= 4 is 50.1 Å². The van der Waals surface area contributed by atoms with Crippen LogP contribution in [0.25, 0.3) is 0 Å². The summed E-state index contributed by atoms with van der Waals surface area (Å²) in [7, 11) is 0. The van der Waals surface area contributed by atoms with E-state index in [0.717, 1.165) is 19.7 Å². The Kier molecular flexibility index (Phi) is 3.51. The fourth-order valence-corrected chi connectivity index (χ4v) is 2.36. The Morgan fingerprint density at radius 2 is 2.00 bits per heavy atom. The highest BCUT2D eigenvalue weighted by Gasteiger charge is 2.02. The quantitative estimate of drug-likeness (QED) is 0.745. The van der Waals surface area contributed by atoms with Crippen LogP contribution in [0.4, 0.5) is 0 Å². The number of nitrogens with zero attached hydrogens (tertiary/aromatic N) is 2. The van der Waals surface area contributed by atoms with Crippen molar-refractivity contribution in [2.24, 2.45) is 0 Å². The highest BCUT2D eigenvalue weighted by molar-refractivity contribution is 14.1. The Morgan fingerprint density at radius 3 is 2.57 bits per heavy atom. The summed E-state index contributed by atoms with van der Waals surface area (Å²) in [5.74, 6) is 0.904. The summed E-state index contributed by atoms with van der Waals surface area (Å²) in [6.45, 7) is 0. The highest BCUT2D eigenvalue weighted by Crippen LogP contribution is 2.14. The first-order valence-corrected chi connectivity index (χ1v) is 6.61. The molecule has 1 aromatic carbocycles. The molecule has 2 rings (SSSR count). The molecule has 0 aliphatic heterocycles. The summed E-state index contributed by atoms with van der Waals surface area (Å²) in [5.41, 5.74) is 1.24. The molecule has 2 nitrogen and oxygen atoms in total. The van der Waals surface area contributed by atoms with Crippen LogP contribution in [0.5, 0.6) is 0 Å². The van der Waals surface area contributed by atoms with Crippen LogP contribution in [0, 0.1) is 3.01 Å². The number of benzene rings is 1. The normalized spacial score (nSPS) is 10.4. The van der Waals surface area contributed by atoms with Crippen molar-refractivity contribution < 1.29 is 0 Å². The van der Waals surface area contributed by atoms with Crippen LogP contribution in [0.2, 0.25) is 0 Å². The van der Waals surface area contributed by atoms with Crippen LogP contribution in [-0.2, 0) is 6.42 Å². The third-order valence-electron chi connectivity index (χ3n) is 1.72. The Morgan fingerprint density at radius 1 is 1.29 bits per heavy atom.